The fourth-order valence-corrected chi connectivity index (χ4v) is 3.77. The van der Waals surface area contributed by atoms with Crippen LogP contribution in [0.3, 0.4) is 0 Å². The minimum Gasteiger partial charge on any atom is -0.744 e. The first-order valence-electron chi connectivity index (χ1n) is 10.6. The summed E-state index contributed by atoms with van der Waals surface area (Å²) in [5, 5.41) is 0. The van der Waals surface area contributed by atoms with Gasteiger partial charge in [0.05, 0.1) is 31.6 Å². The molecule has 164 valence electrons. The number of nitrogens with zero attached hydrogens (tertiary/aromatic N) is 1. The van der Waals surface area contributed by atoms with Crippen LogP contribution in [0.25, 0.3) is 0 Å². The lowest BCUT2D eigenvalue weighted by molar-refractivity contribution is -0.910. The van der Waals surface area contributed by atoms with Crippen LogP contribution in [0.4, 0.5) is 0 Å². The van der Waals surface area contributed by atoms with Gasteiger partial charge in [-0.2, -0.15) is 0 Å². The molecule has 0 radical (unpaired) electrons. The van der Waals surface area contributed by atoms with E-state index in [-0.39, 0.29) is 4.90 Å². The predicted molar refractivity (Wildman–Crippen MR) is 119 cm³/mol. The molecule has 0 bridgehead atoms. The van der Waals surface area contributed by atoms with Gasteiger partial charge in [0.1, 0.15) is 10.1 Å². The number of aryl methyl sites for hydroxylation is 1. The normalized spacial score (nSPS) is 11.8. The van der Waals surface area contributed by atoms with Crippen LogP contribution in [0.2, 0.25) is 0 Å². The molecule has 1 aromatic carbocycles. The highest BCUT2D eigenvalue weighted by Crippen LogP contribution is 2.13. The molecule has 1 rings (SSSR count). The average molecular weight is 434 g/mol. The lowest BCUT2D eigenvalue weighted by Gasteiger charge is -2.35. The monoisotopic (exact) mass is 433 g/mol. The zero-order chi connectivity index (χ0) is 21.5. The molecule has 0 saturated carbocycles. The summed E-state index contributed by atoms with van der Waals surface area (Å²) in [5.74, 6) is 0.823. The van der Waals surface area contributed by atoms with E-state index in [1.165, 1.54) is 87.6 Å². The Bertz CT molecular complexity index is 576. The maximum absolute atomic E-state index is 10.4. The van der Waals surface area contributed by atoms with Gasteiger partial charge in [-0.05, 0) is 57.6 Å². The van der Waals surface area contributed by atoms with Crippen molar-refractivity contribution in [3.63, 3.8) is 0 Å². The predicted octanol–water partition coefficient (Wildman–Crippen LogP) is 5.73. The quantitative estimate of drug-likeness (QED) is 0.173. The number of hydrogen-bond donors (Lipinski definition) is 0. The van der Waals surface area contributed by atoms with Gasteiger partial charge in [-0.3, -0.25) is 0 Å². The van der Waals surface area contributed by atoms with Crippen molar-refractivity contribution >= 4 is 21.7 Å². The molecule has 0 heterocycles. The molecule has 0 aliphatic carbocycles. The number of quaternary nitrogens is 1. The molecule has 0 aliphatic heterocycles. The van der Waals surface area contributed by atoms with Crippen molar-refractivity contribution in [1.29, 1.82) is 0 Å². The van der Waals surface area contributed by atoms with Gasteiger partial charge in [0, 0.05) is 5.88 Å². The first-order chi connectivity index (χ1) is 13.2. The zero-order valence-electron chi connectivity index (χ0n) is 18.3. The second-order valence-electron chi connectivity index (χ2n) is 7.87. The van der Waals surface area contributed by atoms with Gasteiger partial charge in [0.2, 0.25) is 0 Å². The highest BCUT2D eigenvalue weighted by atomic mass is 35.5. The lowest BCUT2D eigenvalue weighted by atomic mass is 10.1. The summed E-state index contributed by atoms with van der Waals surface area (Å²) in [6, 6.07) is 5.78. The van der Waals surface area contributed by atoms with Crippen molar-refractivity contribution in [3.05, 3.63) is 29.8 Å². The Labute approximate surface area is 178 Å². The maximum atomic E-state index is 10.4. The van der Waals surface area contributed by atoms with Gasteiger partial charge in [-0.1, -0.05) is 44.4 Å². The Morgan fingerprint density at radius 1 is 0.857 bits per heavy atom. The van der Waals surface area contributed by atoms with Gasteiger partial charge in [-0.25, -0.2) is 8.42 Å². The van der Waals surface area contributed by atoms with Crippen molar-refractivity contribution in [1.82, 2.24) is 0 Å². The molecule has 0 aromatic heterocycles. The van der Waals surface area contributed by atoms with E-state index in [2.05, 4.69) is 20.9 Å². The first-order valence-corrected chi connectivity index (χ1v) is 12.5. The Morgan fingerprint density at radius 3 is 1.64 bits per heavy atom. The Balaban J connectivity index is 0.000000567. The standard InChI is InChI=1S/C15H33ClN.C7H8O3S/c1-4-6-9-13-17(3,14-10-7-5-2)15-11-8-12-16;1-6-2-4-7(5-3-6)11(8,9)10/h4-15H2,1-3H3;2-5H,1H3,(H,8,9,10)/q+1;/p-1. The summed E-state index contributed by atoms with van der Waals surface area (Å²) in [5.41, 5.74) is 0.928. The molecule has 1 aromatic rings. The van der Waals surface area contributed by atoms with Gasteiger partial charge < -0.3 is 9.04 Å². The second-order valence-corrected chi connectivity index (χ2v) is 9.63. The van der Waals surface area contributed by atoms with Gasteiger partial charge in [0.15, 0.2) is 0 Å². The average Bonchev–Trinajstić information content (AvgIpc) is 2.63. The minimum atomic E-state index is -4.27. The van der Waals surface area contributed by atoms with Crippen molar-refractivity contribution in [2.45, 2.75) is 77.0 Å². The summed E-state index contributed by atoms with van der Waals surface area (Å²) >= 11 is 5.78. The fraction of sp³-hybridized carbons (Fsp3) is 0.727. The van der Waals surface area contributed by atoms with Crippen LogP contribution in [0.5, 0.6) is 0 Å². The summed E-state index contributed by atoms with van der Waals surface area (Å²) in [7, 11) is -1.83. The third kappa shape index (κ3) is 13.5. The number of hydrogen-bond acceptors (Lipinski definition) is 3. The van der Waals surface area contributed by atoms with E-state index in [9.17, 15) is 13.0 Å². The molecule has 28 heavy (non-hydrogen) atoms. The Hall–Kier alpha value is -0.620. The Morgan fingerprint density at radius 2 is 1.29 bits per heavy atom. The molecule has 0 aliphatic rings. The smallest absolute Gasteiger partial charge is 0.124 e. The van der Waals surface area contributed by atoms with E-state index in [1.54, 1.807) is 12.1 Å². The molecule has 6 heteroatoms. The van der Waals surface area contributed by atoms with Crippen LogP contribution >= 0.6 is 11.6 Å². The SMILES string of the molecule is CCCCC[N+](C)(CCCCC)CCCCCl.Cc1ccc(S(=O)(=O)[O-])cc1. The number of unbranched alkanes of at least 4 members (excludes halogenated alkanes) is 5. The molecule has 0 atom stereocenters. The molecule has 0 unspecified atom stereocenters. The highest BCUT2D eigenvalue weighted by molar-refractivity contribution is 7.85. The number of benzene rings is 1. The third-order valence-electron chi connectivity index (χ3n) is 4.99. The summed E-state index contributed by atoms with van der Waals surface area (Å²) in [6.45, 7) is 10.4. The summed E-state index contributed by atoms with van der Waals surface area (Å²) < 4.78 is 32.4. The number of halogens is 1. The van der Waals surface area contributed by atoms with Gasteiger partial charge in [0.25, 0.3) is 0 Å². The van der Waals surface area contributed by atoms with E-state index in [0.29, 0.717) is 0 Å². The summed E-state index contributed by atoms with van der Waals surface area (Å²) in [4.78, 5) is -0.178. The van der Waals surface area contributed by atoms with E-state index in [0.717, 1.165) is 11.4 Å². The molecule has 0 saturated heterocycles. The van der Waals surface area contributed by atoms with Crippen molar-refractivity contribution in [3.8, 4) is 0 Å². The molecular weight excluding hydrogens is 394 g/mol. The largest absolute Gasteiger partial charge is 0.744 e. The van der Waals surface area contributed by atoms with Crippen LogP contribution in [-0.4, -0.2) is 50.0 Å². The van der Waals surface area contributed by atoms with Crippen molar-refractivity contribution < 1.29 is 17.5 Å². The molecule has 0 spiro atoms. The number of alkyl halides is 1. The molecular formula is C22H40ClNO3S. The van der Waals surface area contributed by atoms with Gasteiger partial charge >= 0.3 is 0 Å². The maximum Gasteiger partial charge on any atom is 0.124 e. The van der Waals surface area contributed by atoms with E-state index >= 15 is 0 Å². The zero-order valence-corrected chi connectivity index (χ0v) is 19.8. The van der Waals surface area contributed by atoms with Crippen molar-refractivity contribution in [2.75, 3.05) is 32.6 Å². The third-order valence-corrected chi connectivity index (χ3v) is 6.11. The molecule has 0 N–H and O–H groups in total. The highest BCUT2D eigenvalue weighted by Gasteiger charge is 2.19. The van der Waals surface area contributed by atoms with Crippen LogP contribution in [0.15, 0.2) is 29.2 Å². The van der Waals surface area contributed by atoms with Crippen LogP contribution in [-0.2, 0) is 10.1 Å². The van der Waals surface area contributed by atoms with Gasteiger partial charge in [-0.15, -0.1) is 11.6 Å². The van der Waals surface area contributed by atoms with Crippen molar-refractivity contribution in [2.24, 2.45) is 0 Å². The minimum absolute atomic E-state index is 0.178. The number of rotatable bonds is 13. The van der Waals surface area contributed by atoms with E-state index < -0.39 is 10.1 Å². The first kappa shape index (κ1) is 27.4. The van der Waals surface area contributed by atoms with Crippen LogP contribution in [0.1, 0.15) is 70.8 Å². The van der Waals surface area contributed by atoms with E-state index in [1.807, 2.05) is 6.92 Å². The topological polar surface area (TPSA) is 57.2 Å². The molecule has 0 fully saturated rings. The Kier molecular flexibility index (Phi) is 14.9. The van der Waals surface area contributed by atoms with E-state index in [4.69, 9.17) is 11.6 Å². The fourth-order valence-electron chi connectivity index (χ4n) is 3.12. The lowest BCUT2D eigenvalue weighted by Crippen LogP contribution is -2.46. The van der Waals surface area contributed by atoms with Crippen LogP contribution in [0, 0.1) is 6.92 Å². The van der Waals surface area contributed by atoms with Crippen LogP contribution < -0.4 is 0 Å². The second kappa shape index (κ2) is 15.3. The molecule has 0 amide bonds. The molecule has 4 nitrogen and oxygen atoms in total. The summed E-state index contributed by atoms with van der Waals surface area (Å²) in [6.07, 6.45) is 10.7.